The molecule has 0 heterocycles. The van der Waals surface area contributed by atoms with Gasteiger partial charge in [-0.15, -0.1) is 0 Å². The third-order valence-electron chi connectivity index (χ3n) is 3.21. The predicted molar refractivity (Wildman–Crippen MR) is 81.6 cm³/mol. The van der Waals surface area contributed by atoms with E-state index in [0.29, 0.717) is 6.07 Å². The normalized spacial score (nSPS) is 12.8. The number of hydrogen-bond donors (Lipinski definition) is 2. The van der Waals surface area contributed by atoms with E-state index in [1.54, 1.807) is 0 Å². The molecule has 128 valence electrons. The number of halogens is 2. The predicted octanol–water partition coefficient (Wildman–Crippen LogP) is 1.85. The van der Waals surface area contributed by atoms with E-state index in [1.807, 2.05) is 0 Å². The topological polar surface area (TPSA) is 115 Å². The first-order valence-electron chi connectivity index (χ1n) is 6.66. The highest BCUT2D eigenvalue weighted by molar-refractivity contribution is 7.89. The van der Waals surface area contributed by atoms with Crippen LogP contribution in [0.3, 0.4) is 0 Å². The van der Waals surface area contributed by atoms with Crippen LogP contribution in [0.1, 0.15) is 11.6 Å². The number of hydrogen-bond acceptors (Lipinski definition) is 5. The maximum Gasteiger partial charge on any atom is 0.289 e. The maximum atomic E-state index is 13.6. The molecule has 0 amide bonds. The van der Waals surface area contributed by atoms with Gasteiger partial charge in [0, 0.05) is 30.3 Å². The minimum atomic E-state index is -4.23. The highest BCUT2D eigenvalue weighted by atomic mass is 32.2. The molecule has 10 heteroatoms. The quantitative estimate of drug-likeness (QED) is 0.605. The fourth-order valence-electron chi connectivity index (χ4n) is 2.02. The third kappa shape index (κ3) is 3.91. The smallest absolute Gasteiger partial charge is 0.289 e. The number of nitrogens with zero attached hydrogens (tertiary/aromatic N) is 1. The Morgan fingerprint density at radius 1 is 1.21 bits per heavy atom. The molecule has 0 spiro atoms. The summed E-state index contributed by atoms with van der Waals surface area (Å²) in [6.07, 6.45) is 0. The molecule has 0 bridgehead atoms. The number of nitro groups is 1. The van der Waals surface area contributed by atoms with Crippen molar-refractivity contribution in [3.05, 3.63) is 69.8 Å². The van der Waals surface area contributed by atoms with Crippen LogP contribution < -0.4 is 10.5 Å². The Hall–Kier alpha value is -2.43. The summed E-state index contributed by atoms with van der Waals surface area (Å²) in [5, 5.41) is 10.9. The zero-order valence-electron chi connectivity index (χ0n) is 12.1. The van der Waals surface area contributed by atoms with Crippen LogP contribution >= 0.6 is 0 Å². The van der Waals surface area contributed by atoms with Crippen LogP contribution in [0.5, 0.6) is 0 Å². The molecule has 24 heavy (non-hydrogen) atoms. The molecular weight excluding hydrogens is 344 g/mol. The van der Waals surface area contributed by atoms with Crippen LogP contribution in [0, 0.1) is 21.7 Å². The summed E-state index contributed by atoms with van der Waals surface area (Å²) in [6, 6.07) is 6.43. The van der Waals surface area contributed by atoms with Gasteiger partial charge in [0.15, 0.2) is 4.90 Å². The summed E-state index contributed by atoms with van der Waals surface area (Å²) in [7, 11) is -4.23. The van der Waals surface area contributed by atoms with Crippen molar-refractivity contribution in [3.63, 3.8) is 0 Å². The van der Waals surface area contributed by atoms with Crippen molar-refractivity contribution >= 4 is 15.7 Å². The van der Waals surface area contributed by atoms with Gasteiger partial charge in [-0.05, 0) is 12.1 Å². The molecule has 2 aromatic rings. The molecule has 0 aliphatic carbocycles. The molecule has 0 aliphatic heterocycles. The Bertz CT molecular complexity index is 874. The van der Waals surface area contributed by atoms with Crippen molar-refractivity contribution in [2.45, 2.75) is 10.9 Å². The highest BCUT2D eigenvalue weighted by Gasteiger charge is 2.25. The minimum Gasteiger partial charge on any atom is -0.323 e. The molecular formula is C14H13F2N3O4S. The number of sulfonamides is 1. The SMILES string of the molecule is NC(CNS(=O)(=O)c1ccccc1[N+](=O)[O-])c1ccc(F)cc1F. The van der Waals surface area contributed by atoms with E-state index >= 15 is 0 Å². The molecule has 2 rings (SSSR count). The van der Waals surface area contributed by atoms with Crippen LogP contribution in [0.15, 0.2) is 47.4 Å². The summed E-state index contributed by atoms with van der Waals surface area (Å²) < 4.78 is 53.0. The monoisotopic (exact) mass is 357 g/mol. The van der Waals surface area contributed by atoms with Gasteiger partial charge < -0.3 is 5.73 Å². The fourth-order valence-corrected chi connectivity index (χ4v) is 3.25. The zero-order chi connectivity index (χ0) is 17.9. The molecule has 0 saturated carbocycles. The van der Waals surface area contributed by atoms with E-state index < -0.39 is 49.8 Å². The summed E-state index contributed by atoms with van der Waals surface area (Å²) >= 11 is 0. The summed E-state index contributed by atoms with van der Waals surface area (Å²) in [4.78, 5) is 9.56. The Labute approximate surface area is 136 Å². The summed E-state index contributed by atoms with van der Waals surface area (Å²) in [6.45, 7) is -0.420. The number of nitro benzene ring substituents is 1. The molecule has 3 N–H and O–H groups in total. The lowest BCUT2D eigenvalue weighted by Crippen LogP contribution is -2.32. The first-order chi connectivity index (χ1) is 11.2. The van der Waals surface area contributed by atoms with Crippen molar-refractivity contribution in [2.75, 3.05) is 6.54 Å². The zero-order valence-corrected chi connectivity index (χ0v) is 13.0. The van der Waals surface area contributed by atoms with Gasteiger partial charge in [0.1, 0.15) is 11.6 Å². The molecule has 2 aromatic carbocycles. The standard InChI is InChI=1S/C14H13F2N3O4S/c15-9-5-6-10(11(16)7-9)12(17)8-18-24(22,23)14-4-2-1-3-13(14)19(20)21/h1-7,12,18H,8,17H2. The van der Waals surface area contributed by atoms with Gasteiger partial charge in [0.2, 0.25) is 10.0 Å². The fraction of sp³-hybridized carbons (Fsp3) is 0.143. The molecule has 0 radical (unpaired) electrons. The molecule has 1 unspecified atom stereocenters. The molecule has 0 fully saturated rings. The number of para-hydroxylation sites is 1. The van der Waals surface area contributed by atoms with Crippen molar-refractivity contribution in [2.24, 2.45) is 5.73 Å². The molecule has 1 atom stereocenters. The highest BCUT2D eigenvalue weighted by Crippen LogP contribution is 2.23. The lowest BCUT2D eigenvalue weighted by molar-refractivity contribution is -0.387. The first-order valence-corrected chi connectivity index (χ1v) is 8.14. The van der Waals surface area contributed by atoms with Crippen molar-refractivity contribution < 1.29 is 22.1 Å². The van der Waals surface area contributed by atoms with E-state index in [9.17, 15) is 27.3 Å². The Morgan fingerprint density at radius 2 is 1.88 bits per heavy atom. The van der Waals surface area contributed by atoms with Crippen LogP contribution in [0.2, 0.25) is 0 Å². The van der Waals surface area contributed by atoms with E-state index in [-0.39, 0.29) is 5.56 Å². The van der Waals surface area contributed by atoms with Crippen LogP contribution in [0.25, 0.3) is 0 Å². The first kappa shape index (κ1) is 17.9. The van der Waals surface area contributed by atoms with Crippen LogP contribution in [-0.4, -0.2) is 19.9 Å². The number of nitrogens with one attached hydrogen (secondary N) is 1. The second kappa shape index (κ2) is 6.99. The maximum absolute atomic E-state index is 13.6. The lowest BCUT2D eigenvalue weighted by Gasteiger charge is -2.14. The number of rotatable bonds is 6. The second-order valence-corrected chi connectivity index (χ2v) is 6.58. The largest absolute Gasteiger partial charge is 0.323 e. The van der Waals surface area contributed by atoms with Gasteiger partial charge in [0.05, 0.1) is 4.92 Å². The van der Waals surface area contributed by atoms with E-state index in [0.717, 1.165) is 24.3 Å². The average molecular weight is 357 g/mol. The van der Waals surface area contributed by atoms with Crippen molar-refractivity contribution in [1.82, 2.24) is 4.72 Å². The van der Waals surface area contributed by atoms with Gasteiger partial charge >= 0.3 is 0 Å². The number of nitrogens with two attached hydrogens (primary N) is 1. The third-order valence-corrected chi connectivity index (χ3v) is 4.68. The summed E-state index contributed by atoms with van der Waals surface area (Å²) in [5.41, 5.74) is 5.03. The van der Waals surface area contributed by atoms with E-state index in [2.05, 4.69) is 4.72 Å². The summed E-state index contributed by atoms with van der Waals surface area (Å²) in [5.74, 6) is -1.70. The van der Waals surface area contributed by atoms with Gasteiger partial charge in [-0.1, -0.05) is 18.2 Å². The Morgan fingerprint density at radius 3 is 2.50 bits per heavy atom. The van der Waals surface area contributed by atoms with Gasteiger partial charge in [-0.2, -0.15) is 0 Å². The van der Waals surface area contributed by atoms with Crippen molar-refractivity contribution in [3.8, 4) is 0 Å². The average Bonchev–Trinajstić information content (AvgIpc) is 2.52. The van der Waals surface area contributed by atoms with Crippen LogP contribution in [0.4, 0.5) is 14.5 Å². The molecule has 0 aromatic heterocycles. The molecule has 0 saturated heterocycles. The second-order valence-electron chi connectivity index (χ2n) is 4.85. The lowest BCUT2D eigenvalue weighted by atomic mass is 10.1. The van der Waals surface area contributed by atoms with Crippen molar-refractivity contribution in [1.29, 1.82) is 0 Å². The van der Waals surface area contributed by atoms with Gasteiger partial charge in [-0.25, -0.2) is 21.9 Å². The minimum absolute atomic E-state index is 0.0818. The van der Waals surface area contributed by atoms with Crippen LogP contribution in [-0.2, 0) is 10.0 Å². The number of benzene rings is 2. The van der Waals surface area contributed by atoms with Gasteiger partial charge in [-0.3, -0.25) is 10.1 Å². The molecule has 7 nitrogen and oxygen atoms in total. The molecule has 0 aliphatic rings. The van der Waals surface area contributed by atoms with Gasteiger partial charge in [0.25, 0.3) is 5.69 Å². The van der Waals surface area contributed by atoms with E-state index in [4.69, 9.17) is 5.73 Å². The van der Waals surface area contributed by atoms with E-state index in [1.165, 1.54) is 12.1 Å². The Kier molecular flexibility index (Phi) is 5.22. The Balaban J connectivity index is 2.20.